The fourth-order valence-corrected chi connectivity index (χ4v) is 2.63. The number of benzene rings is 1. The zero-order chi connectivity index (χ0) is 12.5. The van der Waals surface area contributed by atoms with E-state index in [-0.39, 0.29) is 4.90 Å². The molecule has 0 bridgehead atoms. The number of aromatic nitrogens is 2. The number of nitrogens with one attached hydrogen (secondary N) is 1. The quantitative estimate of drug-likeness (QED) is 0.652. The lowest BCUT2D eigenvalue weighted by molar-refractivity contribution is -0.392. The molecular weight excluding hydrogens is 246 g/mol. The number of rotatable bonds is 3. The molecule has 8 heteroatoms. The Kier molecular flexibility index (Phi) is 2.64. The smallest absolute Gasteiger partial charge is 0.358 e. The Morgan fingerprint density at radius 3 is 2.47 bits per heavy atom. The van der Waals surface area contributed by atoms with Crippen LogP contribution in [0, 0.1) is 10.1 Å². The van der Waals surface area contributed by atoms with Crippen LogP contribution in [0.1, 0.15) is 0 Å². The number of aromatic amines is 1. The second kappa shape index (κ2) is 3.98. The second-order valence-corrected chi connectivity index (χ2v) is 4.99. The third-order valence-electron chi connectivity index (χ3n) is 2.08. The van der Waals surface area contributed by atoms with Crippen molar-refractivity contribution in [3.63, 3.8) is 0 Å². The molecule has 2 aromatic rings. The molecule has 17 heavy (non-hydrogen) atoms. The van der Waals surface area contributed by atoms with E-state index in [1.807, 2.05) is 0 Å². The summed E-state index contributed by atoms with van der Waals surface area (Å²) in [6, 6.07) is 7.43. The van der Waals surface area contributed by atoms with E-state index in [9.17, 15) is 18.5 Å². The van der Waals surface area contributed by atoms with Gasteiger partial charge in [-0.1, -0.05) is 18.2 Å². The summed E-state index contributed by atoms with van der Waals surface area (Å²) in [5, 5.41) is 10.1. The van der Waals surface area contributed by atoms with Gasteiger partial charge in [-0.3, -0.25) is 0 Å². The molecule has 0 saturated carbocycles. The molecule has 0 aliphatic heterocycles. The number of hydrogen-bond acceptors (Lipinski definition) is 5. The number of H-pyrrole nitrogens is 1. The topological polar surface area (TPSA) is 106 Å². The lowest BCUT2D eigenvalue weighted by Gasteiger charge is -2.00. The molecule has 0 saturated heterocycles. The van der Waals surface area contributed by atoms with Crippen LogP contribution in [-0.2, 0) is 9.84 Å². The van der Waals surface area contributed by atoms with Crippen molar-refractivity contribution < 1.29 is 13.3 Å². The predicted octanol–water partition coefficient (Wildman–Crippen LogP) is 1.15. The van der Waals surface area contributed by atoms with Crippen LogP contribution in [0.15, 0.2) is 46.6 Å². The highest BCUT2D eigenvalue weighted by atomic mass is 32.2. The van der Waals surface area contributed by atoms with E-state index in [0.717, 1.165) is 6.33 Å². The van der Waals surface area contributed by atoms with E-state index in [1.54, 1.807) is 6.07 Å². The predicted molar refractivity (Wildman–Crippen MR) is 57.1 cm³/mol. The van der Waals surface area contributed by atoms with Gasteiger partial charge in [0.2, 0.25) is 9.84 Å². The summed E-state index contributed by atoms with van der Waals surface area (Å²) in [5.74, 6) is -0.631. The summed E-state index contributed by atoms with van der Waals surface area (Å²) in [6.45, 7) is 0. The molecule has 0 atom stereocenters. The van der Waals surface area contributed by atoms with Crippen molar-refractivity contribution in [3.8, 4) is 0 Å². The minimum atomic E-state index is -3.96. The zero-order valence-electron chi connectivity index (χ0n) is 8.40. The number of hydrogen-bond donors (Lipinski definition) is 1. The molecule has 88 valence electrons. The minimum absolute atomic E-state index is 0.0322. The van der Waals surface area contributed by atoms with Gasteiger partial charge in [0.05, 0.1) is 4.90 Å². The van der Waals surface area contributed by atoms with Crippen molar-refractivity contribution in [2.75, 3.05) is 0 Å². The first kappa shape index (κ1) is 11.3. The maximum absolute atomic E-state index is 12.0. The van der Waals surface area contributed by atoms with E-state index < -0.39 is 25.6 Å². The maximum Gasteiger partial charge on any atom is 0.360 e. The SMILES string of the molecule is O=[N+]([O-])c1[nH]cnc1S(=O)(=O)c1ccccc1. The van der Waals surface area contributed by atoms with Crippen LogP contribution in [0.3, 0.4) is 0 Å². The van der Waals surface area contributed by atoms with Gasteiger partial charge in [0, 0.05) is 0 Å². The molecule has 0 unspecified atom stereocenters. The Labute approximate surface area is 96.2 Å². The Morgan fingerprint density at radius 1 is 1.24 bits per heavy atom. The molecule has 2 rings (SSSR count). The Bertz CT molecular complexity index is 648. The fraction of sp³-hybridized carbons (Fsp3) is 0. The first-order valence-corrected chi connectivity index (χ1v) is 5.99. The average Bonchev–Trinajstić information content (AvgIpc) is 2.80. The number of sulfone groups is 1. The van der Waals surface area contributed by atoms with Crippen LogP contribution < -0.4 is 0 Å². The molecule has 0 aliphatic carbocycles. The van der Waals surface area contributed by atoms with Crippen molar-refractivity contribution in [1.29, 1.82) is 0 Å². The molecule has 1 aromatic carbocycles. The summed E-state index contributed by atoms with van der Waals surface area (Å²) >= 11 is 0. The maximum atomic E-state index is 12.0. The minimum Gasteiger partial charge on any atom is -0.358 e. The summed E-state index contributed by atoms with van der Waals surface area (Å²) in [5.41, 5.74) is 0. The van der Waals surface area contributed by atoms with Crippen molar-refractivity contribution in [1.82, 2.24) is 9.97 Å². The van der Waals surface area contributed by atoms with Gasteiger partial charge in [-0.15, -0.1) is 0 Å². The third kappa shape index (κ3) is 1.89. The normalized spacial score (nSPS) is 11.3. The number of imidazole rings is 1. The van der Waals surface area contributed by atoms with Crippen molar-refractivity contribution in [2.45, 2.75) is 9.92 Å². The molecule has 0 aliphatic rings. The van der Waals surface area contributed by atoms with Crippen LogP contribution in [0.25, 0.3) is 0 Å². The average molecular weight is 253 g/mol. The molecular formula is C9H7N3O4S. The van der Waals surface area contributed by atoms with Crippen LogP contribution in [0.4, 0.5) is 5.82 Å². The highest BCUT2D eigenvalue weighted by Gasteiger charge is 2.29. The first-order valence-electron chi connectivity index (χ1n) is 4.51. The molecule has 1 heterocycles. The van der Waals surface area contributed by atoms with Gasteiger partial charge >= 0.3 is 5.82 Å². The second-order valence-electron chi connectivity index (χ2n) is 3.13. The molecule has 7 nitrogen and oxygen atoms in total. The van der Waals surface area contributed by atoms with E-state index in [0.29, 0.717) is 0 Å². The van der Waals surface area contributed by atoms with Crippen molar-refractivity contribution >= 4 is 15.7 Å². The van der Waals surface area contributed by atoms with E-state index in [1.165, 1.54) is 24.3 Å². The first-order chi connectivity index (χ1) is 8.03. The van der Waals surface area contributed by atoms with Gasteiger partial charge in [-0.25, -0.2) is 13.4 Å². The van der Waals surface area contributed by atoms with Crippen molar-refractivity contribution in [3.05, 3.63) is 46.8 Å². The lowest BCUT2D eigenvalue weighted by Crippen LogP contribution is -2.05. The standard InChI is InChI=1S/C9H7N3O4S/c13-12(14)8-9(11-6-10-8)17(15,16)7-4-2-1-3-5-7/h1-6H,(H,10,11). The largest absolute Gasteiger partial charge is 0.360 e. The Balaban J connectivity index is 2.61. The van der Waals surface area contributed by atoms with Gasteiger partial charge < -0.3 is 10.1 Å². The van der Waals surface area contributed by atoms with Gasteiger partial charge in [-0.2, -0.15) is 4.98 Å². The summed E-state index contributed by atoms with van der Waals surface area (Å²) in [6.07, 6.45) is 0.980. The highest BCUT2D eigenvalue weighted by molar-refractivity contribution is 7.91. The monoisotopic (exact) mass is 253 g/mol. The van der Waals surface area contributed by atoms with Crippen molar-refractivity contribution in [2.24, 2.45) is 0 Å². The highest BCUT2D eigenvalue weighted by Crippen LogP contribution is 2.25. The van der Waals surface area contributed by atoms with Gasteiger partial charge in [0.25, 0.3) is 5.03 Å². The fourth-order valence-electron chi connectivity index (χ4n) is 1.31. The van der Waals surface area contributed by atoms with Crippen LogP contribution >= 0.6 is 0 Å². The van der Waals surface area contributed by atoms with Crippen LogP contribution in [0.2, 0.25) is 0 Å². The summed E-state index contributed by atoms with van der Waals surface area (Å²) < 4.78 is 24.1. The molecule has 0 radical (unpaired) electrons. The Morgan fingerprint density at radius 2 is 1.88 bits per heavy atom. The summed E-state index contributed by atoms with van der Waals surface area (Å²) in [4.78, 5) is 15.5. The van der Waals surface area contributed by atoms with Gasteiger partial charge in [0.1, 0.15) is 0 Å². The Hall–Kier alpha value is -2.22. The van der Waals surface area contributed by atoms with Crippen LogP contribution in [0.5, 0.6) is 0 Å². The molecule has 1 aromatic heterocycles. The van der Waals surface area contributed by atoms with Gasteiger partial charge in [0.15, 0.2) is 6.33 Å². The molecule has 0 fully saturated rings. The molecule has 0 spiro atoms. The third-order valence-corrected chi connectivity index (χ3v) is 3.78. The summed E-state index contributed by atoms with van der Waals surface area (Å²) in [7, 11) is -3.96. The van der Waals surface area contributed by atoms with E-state index in [4.69, 9.17) is 0 Å². The lowest BCUT2D eigenvalue weighted by atomic mass is 10.4. The van der Waals surface area contributed by atoms with E-state index in [2.05, 4.69) is 9.97 Å². The van der Waals surface area contributed by atoms with Crippen LogP contribution in [-0.4, -0.2) is 23.3 Å². The molecule has 1 N–H and O–H groups in total. The zero-order valence-corrected chi connectivity index (χ0v) is 9.22. The van der Waals surface area contributed by atoms with Gasteiger partial charge in [-0.05, 0) is 17.1 Å². The number of nitrogens with zero attached hydrogens (tertiary/aromatic N) is 2. The number of nitro groups is 1. The van der Waals surface area contributed by atoms with E-state index >= 15 is 0 Å². The molecule has 0 amide bonds.